The van der Waals surface area contributed by atoms with E-state index >= 15 is 0 Å². The summed E-state index contributed by atoms with van der Waals surface area (Å²) in [5, 5.41) is 7.32. The zero-order valence-electron chi connectivity index (χ0n) is 21.8. The van der Waals surface area contributed by atoms with E-state index in [1.807, 2.05) is 12.1 Å². The van der Waals surface area contributed by atoms with Crippen LogP contribution in [-0.4, -0.2) is 0 Å². The molecule has 188 valence electrons. The van der Waals surface area contributed by atoms with Crippen LogP contribution in [-0.2, 0) is 0 Å². The molecule has 0 aliphatic carbocycles. The number of fused-ring (bicyclic) bond motifs is 6. The van der Waals surface area contributed by atoms with Crippen LogP contribution in [0.25, 0.3) is 54.6 Å². The van der Waals surface area contributed by atoms with Gasteiger partial charge in [-0.3, -0.25) is 0 Å². The molecule has 40 heavy (non-hydrogen) atoms. The highest BCUT2D eigenvalue weighted by Crippen LogP contribution is 2.40. The molecule has 2 nitrogen and oxygen atoms in total. The standard InChI is InChI=1S/C38H25NO/c1-2-11-30(12-3-1)39(32-21-22-38-36(25-32)34-15-6-7-16-37(34)40-38)31-13-8-10-28(23-31)29-20-19-27-18-17-26-9-4-5-14-33(26)35(27)24-29/h1-25H. The van der Waals surface area contributed by atoms with Gasteiger partial charge in [0.15, 0.2) is 0 Å². The molecule has 8 rings (SSSR count). The molecule has 0 saturated carbocycles. The molecule has 0 amide bonds. The molecule has 0 saturated heterocycles. The summed E-state index contributed by atoms with van der Waals surface area (Å²) in [6.07, 6.45) is 0. The summed E-state index contributed by atoms with van der Waals surface area (Å²) in [7, 11) is 0. The second-order valence-corrected chi connectivity index (χ2v) is 10.2. The van der Waals surface area contributed by atoms with E-state index in [1.54, 1.807) is 0 Å². The van der Waals surface area contributed by atoms with Crippen LogP contribution in [0.4, 0.5) is 17.1 Å². The Hall–Kier alpha value is -5.34. The van der Waals surface area contributed by atoms with Crippen LogP contribution >= 0.6 is 0 Å². The van der Waals surface area contributed by atoms with Gasteiger partial charge in [-0.25, -0.2) is 0 Å². The predicted molar refractivity (Wildman–Crippen MR) is 169 cm³/mol. The van der Waals surface area contributed by atoms with Crippen molar-refractivity contribution in [3.05, 3.63) is 152 Å². The number of hydrogen-bond donors (Lipinski definition) is 0. The summed E-state index contributed by atoms with van der Waals surface area (Å²) in [5.41, 5.74) is 7.50. The van der Waals surface area contributed by atoms with E-state index in [2.05, 4.69) is 144 Å². The topological polar surface area (TPSA) is 16.4 Å². The molecule has 0 atom stereocenters. The molecule has 0 aliphatic rings. The zero-order chi connectivity index (χ0) is 26.5. The molecule has 8 aromatic rings. The third-order valence-corrected chi connectivity index (χ3v) is 7.82. The van der Waals surface area contributed by atoms with Crippen molar-refractivity contribution in [1.29, 1.82) is 0 Å². The minimum atomic E-state index is 0.898. The number of anilines is 3. The molecule has 0 unspecified atom stereocenters. The fourth-order valence-electron chi connectivity index (χ4n) is 5.88. The van der Waals surface area contributed by atoms with Crippen LogP contribution in [0.15, 0.2) is 156 Å². The lowest BCUT2D eigenvalue weighted by molar-refractivity contribution is 0.669. The van der Waals surface area contributed by atoms with Crippen molar-refractivity contribution in [2.75, 3.05) is 4.90 Å². The van der Waals surface area contributed by atoms with Crippen LogP contribution in [0.5, 0.6) is 0 Å². The van der Waals surface area contributed by atoms with Crippen LogP contribution in [0.2, 0.25) is 0 Å². The highest BCUT2D eigenvalue weighted by molar-refractivity contribution is 6.09. The molecule has 0 radical (unpaired) electrons. The molecular weight excluding hydrogens is 486 g/mol. The average Bonchev–Trinajstić information content (AvgIpc) is 3.40. The summed E-state index contributed by atoms with van der Waals surface area (Å²) >= 11 is 0. The maximum Gasteiger partial charge on any atom is 0.135 e. The largest absolute Gasteiger partial charge is 0.456 e. The zero-order valence-corrected chi connectivity index (χ0v) is 21.8. The fraction of sp³-hybridized carbons (Fsp3) is 0. The first kappa shape index (κ1) is 22.6. The predicted octanol–water partition coefficient (Wildman–Crippen LogP) is 11.0. The van der Waals surface area contributed by atoms with Gasteiger partial charge < -0.3 is 9.32 Å². The first-order valence-corrected chi connectivity index (χ1v) is 13.6. The Morgan fingerprint density at radius 3 is 1.90 bits per heavy atom. The van der Waals surface area contributed by atoms with Crippen molar-refractivity contribution < 1.29 is 4.42 Å². The molecule has 0 bridgehead atoms. The number of rotatable bonds is 4. The van der Waals surface area contributed by atoms with Crippen LogP contribution in [0, 0.1) is 0 Å². The minimum Gasteiger partial charge on any atom is -0.456 e. The van der Waals surface area contributed by atoms with Crippen molar-refractivity contribution in [3.63, 3.8) is 0 Å². The van der Waals surface area contributed by atoms with Gasteiger partial charge in [-0.05, 0) is 87.3 Å². The lowest BCUT2D eigenvalue weighted by Gasteiger charge is -2.26. The normalized spacial score (nSPS) is 11.5. The Kier molecular flexibility index (Phi) is 5.17. The summed E-state index contributed by atoms with van der Waals surface area (Å²) in [4.78, 5) is 2.32. The van der Waals surface area contributed by atoms with Crippen molar-refractivity contribution in [3.8, 4) is 11.1 Å². The van der Waals surface area contributed by atoms with Crippen LogP contribution in [0.3, 0.4) is 0 Å². The quantitative estimate of drug-likeness (QED) is 0.218. The molecule has 1 heterocycles. The van der Waals surface area contributed by atoms with Crippen molar-refractivity contribution in [2.45, 2.75) is 0 Å². The van der Waals surface area contributed by atoms with E-state index < -0.39 is 0 Å². The van der Waals surface area contributed by atoms with Crippen LogP contribution < -0.4 is 4.90 Å². The van der Waals surface area contributed by atoms with Crippen molar-refractivity contribution in [1.82, 2.24) is 0 Å². The van der Waals surface area contributed by atoms with E-state index in [-0.39, 0.29) is 0 Å². The lowest BCUT2D eigenvalue weighted by atomic mass is 9.97. The second-order valence-electron chi connectivity index (χ2n) is 10.2. The first-order chi connectivity index (χ1) is 19.8. The summed E-state index contributed by atoms with van der Waals surface area (Å²) < 4.78 is 6.12. The Balaban J connectivity index is 1.29. The van der Waals surface area contributed by atoms with Crippen LogP contribution in [0.1, 0.15) is 0 Å². The number of benzene rings is 7. The van der Waals surface area contributed by atoms with E-state index in [0.717, 1.165) is 39.0 Å². The maximum absolute atomic E-state index is 6.12. The fourth-order valence-corrected chi connectivity index (χ4v) is 5.88. The molecule has 2 heteroatoms. The summed E-state index contributed by atoms with van der Waals surface area (Å²) in [6, 6.07) is 53.9. The summed E-state index contributed by atoms with van der Waals surface area (Å²) in [5.74, 6) is 0. The number of para-hydroxylation sites is 2. The maximum atomic E-state index is 6.12. The van der Waals surface area contributed by atoms with Crippen molar-refractivity contribution in [2.24, 2.45) is 0 Å². The van der Waals surface area contributed by atoms with Gasteiger partial charge in [0.2, 0.25) is 0 Å². The highest BCUT2D eigenvalue weighted by atomic mass is 16.3. The molecule has 7 aromatic carbocycles. The summed E-state index contributed by atoms with van der Waals surface area (Å²) in [6.45, 7) is 0. The van der Waals surface area contributed by atoms with E-state index in [9.17, 15) is 0 Å². The smallest absolute Gasteiger partial charge is 0.135 e. The monoisotopic (exact) mass is 511 g/mol. The number of hydrogen-bond acceptors (Lipinski definition) is 2. The Labute approximate surface area is 232 Å². The molecule has 0 aliphatic heterocycles. The van der Waals surface area contributed by atoms with E-state index in [4.69, 9.17) is 4.42 Å². The van der Waals surface area contributed by atoms with Gasteiger partial charge in [0.25, 0.3) is 0 Å². The third kappa shape index (κ3) is 3.73. The Morgan fingerprint density at radius 1 is 0.350 bits per heavy atom. The average molecular weight is 512 g/mol. The van der Waals surface area contributed by atoms with Gasteiger partial charge in [-0.1, -0.05) is 97.1 Å². The van der Waals surface area contributed by atoms with Gasteiger partial charge >= 0.3 is 0 Å². The van der Waals surface area contributed by atoms with Gasteiger partial charge in [0, 0.05) is 27.8 Å². The molecule has 0 spiro atoms. The third-order valence-electron chi connectivity index (χ3n) is 7.82. The van der Waals surface area contributed by atoms with Gasteiger partial charge in [0.1, 0.15) is 11.2 Å². The van der Waals surface area contributed by atoms with E-state index in [1.165, 1.54) is 32.7 Å². The van der Waals surface area contributed by atoms with Gasteiger partial charge in [0.05, 0.1) is 0 Å². The number of furan rings is 1. The highest BCUT2D eigenvalue weighted by Gasteiger charge is 2.16. The molecule has 1 aromatic heterocycles. The van der Waals surface area contributed by atoms with Gasteiger partial charge in [-0.15, -0.1) is 0 Å². The number of nitrogens with zero attached hydrogens (tertiary/aromatic N) is 1. The van der Waals surface area contributed by atoms with Crippen molar-refractivity contribution >= 4 is 60.5 Å². The molecular formula is C38H25NO. The Morgan fingerprint density at radius 2 is 1.00 bits per heavy atom. The molecule has 0 fully saturated rings. The van der Waals surface area contributed by atoms with E-state index in [0.29, 0.717) is 0 Å². The SMILES string of the molecule is c1ccc(N(c2cccc(-c3ccc4ccc5ccccc5c4c3)c2)c2ccc3oc4ccccc4c3c2)cc1. The first-order valence-electron chi connectivity index (χ1n) is 13.6. The minimum absolute atomic E-state index is 0.898. The second kappa shape index (κ2) is 9.14. The van der Waals surface area contributed by atoms with Gasteiger partial charge in [-0.2, -0.15) is 0 Å². The molecule has 0 N–H and O–H groups in total. The Bertz CT molecular complexity index is 2170. The lowest BCUT2D eigenvalue weighted by Crippen LogP contribution is -2.09.